The molecule has 1 fully saturated rings. The molecule has 1 aliphatic rings. The molecule has 0 spiro atoms. The quantitative estimate of drug-likeness (QED) is 0.565. The van der Waals surface area contributed by atoms with Gasteiger partial charge in [0.05, 0.1) is 6.04 Å². The molecule has 4 heteroatoms. The van der Waals surface area contributed by atoms with Crippen LogP contribution in [0.4, 0.5) is 0 Å². The van der Waals surface area contributed by atoms with Crippen molar-refractivity contribution >= 4 is 5.96 Å². The molecular weight excluding hydrogens is 212 g/mol. The summed E-state index contributed by atoms with van der Waals surface area (Å²) in [4.78, 5) is 9.08. The van der Waals surface area contributed by atoms with Gasteiger partial charge in [-0.05, 0) is 33.4 Å². The summed E-state index contributed by atoms with van der Waals surface area (Å²) >= 11 is 0. The van der Waals surface area contributed by atoms with Crippen molar-refractivity contribution in [2.75, 3.05) is 33.7 Å². The Hall–Kier alpha value is -0.770. The lowest BCUT2D eigenvalue weighted by Gasteiger charge is -2.25. The Morgan fingerprint density at radius 3 is 2.35 bits per heavy atom. The lowest BCUT2D eigenvalue weighted by atomic mass is 10.3. The van der Waals surface area contributed by atoms with Crippen molar-refractivity contribution in [1.82, 2.24) is 9.80 Å². The molecule has 0 aromatic rings. The standard InChI is InChI=1S/C13H28N4/c1-4-9-17(11-10-16(2)3)13(14)15-12-7-5-6-8-12/h12H,4-11H2,1-3H3,(H2,14,15). The van der Waals surface area contributed by atoms with Gasteiger partial charge in [0, 0.05) is 19.6 Å². The number of nitrogens with zero attached hydrogens (tertiary/aromatic N) is 3. The molecule has 2 N–H and O–H groups in total. The van der Waals surface area contributed by atoms with Crippen LogP contribution >= 0.6 is 0 Å². The van der Waals surface area contributed by atoms with E-state index in [4.69, 9.17) is 5.73 Å². The second-order valence-electron chi connectivity index (χ2n) is 5.22. The van der Waals surface area contributed by atoms with Crippen LogP contribution < -0.4 is 5.73 Å². The van der Waals surface area contributed by atoms with Crippen LogP contribution in [-0.4, -0.2) is 55.5 Å². The maximum Gasteiger partial charge on any atom is 0.191 e. The number of aliphatic imine (C=N–C) groups is 1. The van der Waals surface area contributed by atoms with Crippen LogP contribution in [0.2, 0.25) is 0 Å². The van der Waals surface area contributed by atoms with Gasteiger partial charge in [0.25, 0.3) is 0 Å². The zero-order valence-corrected chi connectivity index (χ0v) is 11.7. The highest BCUT2D eigenvalue weighted by Crippen LogP contribution is 2.20. The molecule has 0 aromatic carbocycles. The van der Waals surface area contributed by atoms with E-state index in [1.54, 1.807) is 0 Å². The van der Waals surface area contributed by atoms with E-state index in [0.717, 1.165) is 32.0 Å². The molecule has 0 heterocycles. The Kier molecular flexibility index (Phi) is 6.34. The largest absolute Gasteiger partial charge is 0.370 e. The molecule has 0 radical (unpaired) electrons. The average Bonchev–Trinajstić information content (AvgIpc) is 2.76. The van der Waals surface area contributed by atoms with Crippen LogP contribution in [0.5, 0.6) is 0 Å². The molecule has 0 saturated heterocycles. The molecule has 0 aliphatic heterocycles. The third kappa shape index (κ3) is 5.39. The highest BCUT2D eigenvalue weighted by atomic mass is 15.3. The Morgan fingerprint density at radius 1 is 1.18 bits per heavy atom. The second-order valence-corrected chi connectivity index (χ2v) is 5.22. The Labute approximate surface area is 106 Å². The minimum atomic E-state index is 0.480. The number of hydrogen-bond donors (Lipinski definition) is 1. The fraction of sp³-hybridized carbons (Fsp3) is 0.923. The predicted octanol–water partition coefficient (Wildman–Crippen LogP) is 1.52. The number of likely N-dealkylation sites (N-methyl/N-ethyl adjacent to an activating group) is 1. The zero-order valence-electron chi connectivity index (χ0n) is 11.7. The van der Waals surface area contributed by atoms with Crippen LogP contribution in [0, 0.1) is 0 Å². The molecule has 100 valence electrons. The summed E-state index contributed by atoms with van der Waals surface area (Å²) in [5, 5.41) is 0. The molecule has 0 unspecified atom stereocenters. The Bertz CT molecular complexity index is 232. The summed E-state index contributed by atoms with van der Waals surface area (Å²) in [5.74, 6) is 0.751. The van der Waals surface area contributed by atoms with E-state index >= 15 is 0 Å². The summed E-state index contributed by atoms with van der Waals surface area (Å²) in [7, 11) is 4.18. The molecule has 4 nitrogen and oxygen atoms in total. The van der Waals surface area contributed by atoms with Gasteiger partial charge in [-0.1, -0.05) is 19.8 Å². The summed E-state index contributed by atoms with van der Waals surface area (Å²) < 4.78 is 0. The minimum absolute atomic E-state index is 0.480. The summed E-state index contributed by atoms with van der Waals surface area (Å²) in [5.41, 5.74) is 6.13. The Morgan fingerprint density at radius 2 is 1.82 bits per heavy atom. The van der Waals surface area contributed by atoms with Gasteiger partial charge in [-0.25, -0.2) is 4.99 Å². The van der Waals surface area contributed by atoms with Crippen molar-refractivity contribution in [1.29, 1.82) is 0 Å². The van der Waals surface area contributed by atoms with E-state index in [-0.39, 0.29) is 0 Å². The van der Waals surface area contributed by atoms with Gasteiger partial charge in [-0.3, -0.25) is 0 Å². The van der Waals surface area contributed by atoms with E-state index in [0.29, 0.717) is 6.04 Å². The molecule has 17 heavy (non-hydrogen) atoms. The van der Waals surface area contributed by atoms with Gasteiger partial charge >= 0.3 is 0 Å². The highest BCUT2D eigenvalue weighted by molar-refractivity contribution is 5.78. The lowest BCUT2D eigenvalue weighted by molar-refractivity contribution is 0.326. The van der Waals surface area contributed by atoms with Crippen molar-refractivity contribution in [3.8, 4) is 0 Å². The third-order valence-corrected chi connectivity index (χ3v) is 3.27. The van der Waals surface area contributed by atoms with Gasteiger partial charge < -0.3 is 15.5 Å². The van der Waals surface area contributed by atoms with Crippen LogP contribution in [-0.2, 0) is 0 Å². The lowest BCUT2D eigenvalue weighted by Crippen LogP contribution is -2.42. The zero-order chi connectivity index (χ0) is 12.7. The minimum Gasteiger partial charge on any atom is -0.370 e. The molecule has 0 bridgehead atoms. The van der Waals surface area contributed by atoms with Gasteiger partial charge in [-0.15, -0.1) is 0 Å². The van der Waals surface area contributed by atoms with Crippen LogP contribution in [0.25, 0.3) is 0 Å². The molecule has 1 saturated carbocycles. The number of rotatable bonds is 6. The summed E-state index contributed by atoms with van der Waals surface area (Å²) in [6, 6.07) is 0.480. The van der Waals surface area contributed by atoms with Crippen molar-refractivity contribution in [3.05, 3.63) is 0 Å². The second kappa shape index (κ2) is 7.54. The van der Waals surface area contributed by atoms with Gasteiger partial charge in [0.15, 0.2) is 5.96 Å². The van der Waals surface area contributed by atoms with Gasteiger partial charge in [0.1, 0.15) is 0 Å². The molecule has 0 aromatic heterocycles. The van der Waals surface area contributed by atoms with E-state index in [2.05, 4.69) is 35.8 Å². The first-order valence-electron chi connectivity index (χ1n) is 6.86. The first-order valence-corrected chi connectivity index (χ1v) is 6.86. The highest BCUT2D eigenvalue weighted by Gasteiger charge is 2.16. The molecule has 0 amide bonds. The molecule has 1 rings (SSSR count). The van der Waals surface area contributed by atoms with E-state index in [1.165, 1.54) is 25.7 Å². The maximum atomic E-state index is 6.13. The van der Waals surface area contributed by atoms with E-state index in [9.17, 15) is 0 Å². The number of guanidine groups is 1. The number of nitrogens with two attached hydrogens (primary N) is 1. The predicted molar refractivity (Wildman–Crippen MR) is 74.3 cm³/mol. The number of hydrogen-bond acceptors (Lipinski definition) is 2. The van der Waals surface area contributed by atoms with Crippen molar-refractivity contribution in [2.45, 2.75) is 45.1 Å². The van der Waals surface area contributed by atoms with E-state index in [1.807, 2.05) is 0 Å². The van der Waals surface area contributed by atoms with Crippen molar-refractivity contribution in [2.24, 2.45) is 10.7 Å². The average molecular weight is 240 g/mol. The first-order chi connectivity index (χ1) is 8.13. The Balaban J connectivity index is 2.48. The van der Waals surface area contributed by atoms with E-state index < -0.39 is 0 Å². The summed E-state index contributed by atoms with van der Waals surface area (Å²) in [6.07, 6.45) is 6.18. The van der Waals surface area contributed by atoms with Crippen molar-refractivity contribution < 1.29 is 0 Å². The monoisotopic (exact) mass is 240 g/mol. The first kappa shape index (κ1) is 14.3. The fourth-order valence-electron chi connectivity index (χ4n) is 2.23. The van der Waals surface area contributed by atoms with Crippen LogP contribution in [0.1, 0.15) is 39.0 Å². The van der Waals surface area contributed by atoms with Crippen LogP contribution in [0.3, 0.4) is 0 Å². The smallest absolute Gasteiger partial charge is 0.191 e. The normalized spacial score (nSPS) is 18.0. The van der Waals surface area contributed by atoms with Gasteiger partial charge in [-0.2, -0.15) is 0 Å². The van der Waals surface area contributed by atoms with Crippen LogP contribution in [0.15, 0.2) is 4.99 Å². The van der Waals surface area contributed by atoms with Gasteiger partial charge in [0.2, 0.25) is 0 Å². The molecular formula is C13H28N4. The maximum absolute atomic E-state index is 6.13. The third-order valence-electron chi connectivity index (χ3n) is 3.27. The topological polar surface area (TPSA) is 44.9 Å². The molecule has 1 aliphatic carbocycles. The molecule has 0 atom stereocenters. The SMILES string of the molecule is CCCN(CCN(C)C)C(N)=NC1CCCC1. The van der Waals surface area contributed by atoms with Crippen molar-refractivity contribution in [3.63, 3.8) is 0 Å². The summed E-state index contributed by atoms with van der Waals surface area (Å²) in [6.45, 7) is 5.20. The fourth-order valence-corrected chi connectivity index (χ4v) is 2.23.